The van der Waals surface area contributed by atoms with Crippen LogP contribution in [-0.4, -0.2) is 16.4 Å². The summed E-state index contributed by atoms with van der Waals surface area (Å²) in [5.41, 5.74) is 3.55. The highest BCUT2D eigenvalue weighted by molar-refractivity contribution is 9.10. The lowest BCUT2D eigenvalue weighted by atomic mass is 10.0. The maximum atomic E-state index is 5.71. The normalized spacial score (nSPS) is 17.4. The van der Waals surface area contributed by atoms with Gasteiger partial charge in [0.2, 0.25) is 0 Å². The Morgan fingerprint density at radius 3 is 3.00 bits per heavy atom. The van der Waals surface area contributed by atoms with Crippen molar-refractivity contribution < 1.29 is 4.74 Å². The SMILES string of the molecule is CCc1nn(C)c(CNC2CCOc3ccccc32)c1Br. The van der Waals surface area contributed by atoms with Crippen molar-refractivity contribution in [2.24, 2.45) is 7.05 Å². The van der Waals surface area contributed by atoms with E-state index in [0.717, 1.165) is 41.9 Å². The Kier molecular flexibility index (Phi) is 4.31. The lowest BCUT2D eigenvalue weighted by molar-refractivity contribution is 0.251. The first-order valence-electron chi connectivity index (χ1n) is 7.36. The summed E-state index contributed by atoms with van der Waals surface area (Å²) in [6, 6.07) is 8.60. The maximum absolute atomic E-state index is 5.71. The molecule has 0 saturated heterocycles. The van der Waals surface area contributed by atoms with Gasteiger partial charge in [-0.1, -0.05) is 25.1 Å². The summed E-state index contributed by atoms with van der Waals surface area (Å²) in [7, 11) is 2.00. The molecular weight excluding hydrogens is 330 g/mol. The van der Waals surface area contributed by atoms with E-state index in [1.807, 2.05) is 23.9 Å². The Morgan fingerprint density at radius 2 is 2.24 bits per heavy atom. The molecule has 1 atom stereocenters. The number of rotatable bonds is 4. The predicted octanol–water partition coefficient (Wildman–Crippen LogP) is 3.36. The average Bonchev–Trinajstić information content (AvgIpc) is 2.79. The van der Waals surface area contributed by atoms with Crippen LogP contribution in [0.25, 0.3) is 0 Å². The molecule has 1 aliphatic rings. The van der Waals surface area contributed by atoms with E-state index in [1.165, 1.54) is 11.3 Å². The van der Waals surface area contributed by atoms with Crippen molar-refractivity contribution in [2.45, 2.75) is 32.4 Å². The molecule has 2 aromatic rings. The zero-order chi connectivity index (χ0) is 14.8. The second-order valence-electron chi connectivity index (χ2n) is 5.29. The van der Waals surface area contributed by atoms with E-state index >= 15 is 0 Å². The summed E-state index contributed by atoms with van der Waals surface area (Å²) >= 11 is 3.67. The minimum absolute atomic E-state index is 0.335. The number of hydrogen-bond donors (Lipinski definition) is 1. The Bertz CT molecular complexity index is 638. The summed E-state index contributed by atoms with van der Waals surface area (Å²) in [4.78, 5) is 0. The van der Waals surface area contributed by atoms with Crippen molar-refractivity contribution in [3.05, 3.63) is 45.7 Å². The van der Waals surface area contributed by atoms with Gasteiger partial charge < -0.3 is 10.1 Å². The zero-order valence-corrected chi connectivity index (χ0v) is 14.0. The molecule has 0 aliphatic carbocycles. The van der Waals surface area contributed by atoms with Crippen LogP contribution in [0.15, 0.2) is 28.7 Å². The first-order chi connectivity index (χ1) is 10.2. The van der Waals surface area contributed by atoms with Gasteiger partial charge in [0.15, 0.2) is 0 Å². The monoisotopic (exact) mass is 349 g/mol. The largest absolute Gasteiger partial charge is 0.493 e. The van der Waals surface area contributed by atoms with Gasteiger partial charge in [0.1, 0.15) is 5.75 Å². The van der Waals surface area contributed by atoms with Crippen molar-refractivity contribution in [3.63, 3.8) is 0 Å². The third kappa shape index (κ3) is 2.85. The third-order valence-electron chi connectivity index (χ3n) is 3.98. The molecule has 1 aromatic heterocycles. The Balaban J connectivity index is 1.76. The third-order valence-corrected chi connectivity index (χ3v) is 4.89. The van der Waals surface area contributed by atoms with Crippen molar-refractivity contribution >= 4 is 15.9 Å². The first kappa shape index (κ1) is 14.6. The van der Waals surface area contributed by atoms with Crippen molar-refractivity contribution in [1.29, 1.82) is 0 Å². The van der Waals surface area contributed by atoms with E-state index in [0.29, 0.717) is 6.04 Å². The number of halogens is 1. The number of nitrogens with zero attached hydrogens (tertiary/aromatic N) is 2. The van der Waals surface area contributed by atoms with Crippen molar-refractivity contribution in [2.75, 3.05) is 6.61 Å². The Labute approximate surface area is 133 Å². The maximum Gasteiger partial charge on any atom is 0.124 e. The topological polar surface area (TPSA) is 39.1 Å². The number of fused-ring (bicyclic) bond motifs is 1. The molecule has 3 rings (SSSR count). The highest BCUT2D eigenvalue weighted by Gasteiger charge is 2.21. The molecule has 0 bridgehead atoms. The van der Waals surface area contributed by atoms with E-state index in [-0.39, 0.29) is 0 Å². The predicted molar refractivity (Wildman–Crippen MR) is 86.4 cm³/mol. The van der Waals surface area contributed by atoms with Gasteiger partial charge in [0.05, 0.1) is 22.5 Å². The smallest absolute Gasteiger partial charge is 0.124 e. The number of nitrogens with one attached hydrogen (secondary N) is 1. The molecule has 1 N–H and O–H groups in total. The number of para-hydroxylation sites is 1. The van der Waals surface area contributed by atoms with Crippen LogP contribution < -0.4 is 10.1 Å². The van der Waals surface area contributed by atoms with E-state index in [1.54, 1.807) is 0 Å². The molecule has 2 heterocycles. The molecule has 0 saturated carbocycles. The fourth-order valence-corrected chi connectivity index (χ4v) is 3.54. The molecule has 1 aliphatic heterocycles. The van der Waals surface area contributed by atoms with Crippen LogP contribution >= 0.6 is 15.9 Å². The minimum atomic E-state index is 0.335. The fourth-order valence-electron chi connectivity index (χ4n) is 2.79. The highest BCUT2D eigenvalue weighted by Crippen LogP contribution is 2.32. The molecule has 5 heteroatoms. The summed E-state index contributed by atoms with van der Waals surface area (Å²) < 4.78 is 8.79. The average molecular weight is 350 g/mol. The second-order valence-corrected chi connectivity index (χ2v) is 6.09. The van der Waals surface area contributed by atoms with E-state index in [9.17, 15) is 0 Å². The molecule has 0 spiro atoms. The molecule has 21 heavy (non-hydrogen) atoms. The Morgan fingerprint density at radius 1 is 1.43 bits per heavy atom. The molecule has 112 valence electrons. The van der Waals surface area contributed by atoms with Gasteiger partial charge in [-0.2, -0.15) is 5.10 Å². The first-order valence-corrected chi connectivity index (χ1v) is 8.15. The lowest BCUT2D eigenvalue weighted by Gasteiger charge is -2.26. The number of ether oxygens (including phenoxy) is 1. The van der Waals surface area contributed by atoms with Crippen LogP contribution in [0.1, 0.15) is 36.3 Å². The van der Waals surface area contributed by atoms with Gasteiger partial charge in [-0.3, -0.25) is 4.68 Å². The van der Waals surface area contributed by atoms with Gasteiger partial charge in [-0.25, -0.2) is 0 Å². The van der Waals surface area contributed by atoms with E-state index < -0.39 is 0 Å². The van der Waals surface area contributed by atoms with Crippen LogP contribution in [0, 0.1) is 0 Å². The van der Waals surface area contributed by atoms with Crippen LogP contribution in [0.4, 0.5) is 0 Å². The number of benzene rings is 1. The fraction of sp³-hybridized carbons (Fsp3) is 0.438. The number of hydrogen-bond acceptors (Lipinski definition) is 3. The Hall–Kier alpha value is -1.33. The summed E-state index contributed by atoms with van der Waals surface area (Å²) in [5, 5.41) is 8.18. The van der Waals surface area contributed by atoms with Gasteiger partial charge >= 0.3 is 0 Å². The molecule has 0 fully saturated rings. The standard InChI is InChI=1S/C16H20BrN3O/c1-3-12-16(17)14(20(2)19-12)10-18-13-8-9-21-15-7-5-4-6-11(13)15/h4-7,13,18H,3,8-10H2,1-2H3. The highest BCUT2D eigenvalue weighted by atomic mass is 79.9. The van der Waals surface area contributed by atoms with Gasteiger partial charge in [0.25, 0.3) is 0 Å². The molecule has 1 aromatic carbocycles. The molecule has 0 amide bonds. The minimum Gasteiger partial charge on any atom is -0.493 e. The number of aryl methyl sites for hydroxylation is 2. The van der Waals surface area contributed by atoms with Crippen molar-refractivity contribution in [3.8, 4) is 5.75 Å². The summed E-state index contributed by atoms with van der Waals surface area (Å²) in [6.45, 7) is 3.68. The van der Waals surface area contributed by atoms with Crippen LogP contribution in [-0.2, 0) is 20.0 Å². The summed E-state index contributed by atoms with van der Waals surface area (Å²) in [6.07, 6.45) is 1.93. The van der Waals surface area contributed by atoms with Gasteiger partial charge in [0, 0.05) is 31.6 Å². The molecular formula is C16H20BrN3O. The van der Waals surface area contributed by atoms with E-state index in [2.05, 4.69) is 45.4 Å². The molecule has 4 nitrogen and oxygen atoms in total. The lowest BCUT2D eigenvalue weighted by Crippen LogP contribution is -2.27. The van der Waals surface area contributed by atoms with Crippen LogP contribution in [0.5, 0.6) is 5.75 Å². The van der Waals surface area contributed by atoms with Crippen molar-refractivity contribution in [1.82, 2.24) is 15.1 Å². The summed E-state index contributed by atoms with van der Waals surface area (Å²) in [5.74, 6) is 1.000. The van der Waals surface area contributed by atoms with Crippen LogP contribution in [0.3, 0.4) is 0 Å². The van der Waals surface area contributed by atoms with E-state index in [4.69, 9.17) is 4.74 Å². The second kappa shape index (κ2) is 6.20. The van der Waals surface area contributed by atoms with Gasteiger partial charge in [-0.15, -0.1) is 0 Å². The quantitative estimate of drug-likeness (QED) is 0.919. The number of aromatic nitrogens is 2. The molecule has 1 unspecified atom stereocenters. The van der Waals surface area contributed by atoms with Crippen LogP contribution in [0.2, 0.25) is 0 Å². The molecule has 0 radical (unpaired) electrons. The zero-order valence-electron chi connectivity index (χ0n) is 12.4. The van der Waals surface area contributed by atoms with Gasteiger partial charge in [-0.05, 0) is 28.4 Å².